The number of ether oxygens (including phenoxy) is 2. The Hall–Kier alpha value is -1.95. The highest BCUT2D eigenvalue weighted by atomic mass is 16.5. The number of carbonyl (C=O) groups is 1. The number of methoxy groups -OCH3 is 2. The normalized spacial score (nSPS) is 12.1. The number of hydrogen-bond acceptors (Lipinski definition) is 5. The number of anilines is 1. The SMILES string of the molecule is COc1cc(N)c(C(=O)NCC(O)CC(C)C)cc1OC. The fourth-order valence-electron chi connectivity index (χ4n) is 2.02. The Morgan fingerprint density at radius 2 is 1.86 bits per heavy atom. The second-order valence-corrected chi connectivity index (χ2v) is 5.29. The predicted molar refractivity (Wildman–Crippen MR) is 81.8 cm³/mol. The lowest BCUT2D eigenvalue weighted by molar-refractivity contribution is 0.0901. The molecular formula is C15H24N2O4. The number of aliphatic hydroxyl groups is 1. The van der Waals surface area contributed by atoms with Gasteiger partial charge < -0.3 is 25.6 Å². The average molecular weight is 296 g/mol. The summed E-state index contributed by atoms with van der Waals surface area (Å²) in [6.07, 6.45) is 0.0529. The van der Waals surface area contributed by atoms with Gasteiger partial charge in [-0.3, -0.25) is 4.79 Å². The van der Waals surface area contributed by atoms with Gasteiger partial charge in [0.05, 0.1) is 25.9 Å². The molecule has 1 unspecified atom stereocenters. The molecule has 0 spiro atoms. The van der Waals surface area contributed by atoms with E-state index in [9.17, 15) is 9.90 Å². The van der Waals surface area contributed by atoms with E-state index in [0.717, 1.165) is 0 Å². The van der Waals surface area contributed by atoms with E-state index in [1.165, 1.54) is 26.4 Å². The first-order valence-corrected chi connectivity index (χ1v) is 6.86. The van der Waals surface area contributed by atoms with Gasteiger partial charge in [0.25, 0.3) is 5.91 Å². The maximum atomic E-state index is 12.1. The first-order valence-electron chi connectivity index (χ1n) is 6.86. The average Bonchev–Trinajstić information content (AvgIpc) is 2.43. The third-order valence-electron chi connectivity index (χ3n) is 3.04. The molecule has 4 N–H and O–H groups in total. The van der Waals surface area contributed by atoms with Gasteiger partial charge in [0.2, 0.25) is 0 Å². The monoisotopic (exact) mass is 296 g/mol. The molecule has 6 nitrogen and oxygen atoms in total. The molecule has 0 bridgehead atoms. The lowest BCUT2D eigenvalue weighted by atomic mass is 10.1. The van der Waals surface area contributed by atoms with Gasteiger partial charge in [-0.2, -0.15) is 0 Å². The molecule has 0 saturated heterocycles. The molecule has 0 aliphatic rings. The van der Waals surface area contributed by atoms with Crippen molar-refractivity contribution in [1.29, 1.82) is 0 Å². The Labute approximate surface area is 125 Å². The van der Waals surface area contributed by atoms with E-state index in [2.05, 4.69) is 5.32 Å². The minimum atomic E-state index is -0.574. The van der Waals surface area contributed by atoms with Crippen molar-refractivity contribution in [1.82, 2.24) is 5.32 Å². The molecule has 0 aliphatic carbocycles. The number of nitrogens with two attached hydrogens (primary N) is 1. The molecular weight excluding hydrogens is 272 g/mol. The van der Waals surface area contributed by atoms with E-state index in [4.69, 9.17) is 15.2 Å². The molecule has 1 rings (SSSR count). The van der Waals surface area contributed by atoms with Crippen molar-refractivity contribution in [3.8, 4) is 11.5 Å². The smallest absolute Gasteiger partial charge is 0.253 e. The Morgan fingerprint density at radius 3 is 2.38 bits per heavy atom. The van der Waals surface area contributed by atoms with Crippen molar-refractivity contribution in [3.05, 3.63) is 17.7 Å². The van der Waals surface area contributed by atoms with Crippen LogP contribution < -0.4 is 20.5 Å². The zero-order valence-corrected chi connectivity index (χ0v) is 13.0. The molecule has 0 radical (unpaired) electrons. The van der Waals surface area contributed by atoms with Crippen LogP contribution in [0.1, 0.15) is 30.6 Å². The van der Waals surface area contributed by atoms with Gasteiger partial charge >= 0.3 is 0 Å². The second-order valence-electron chi connectivity index (χ2n) is 5.29. The zero-order valence-electron chi connectivity index (χ0n) is 13.0. The summed E-state index contributed by atoms with van der Waals surface area (Å²) in [7, 11) is 2.99. The van der Waals surface area contributed by atoms with Crippen LogP contribution in [0.2, 0.25) is 0 Å². The number of amides is 1. The maximum Gasteiger partial charge on any atom is 0.253 e. The van der Waals surface area contributed by atoms with E-state index in [1.54, 1.807) is 0 Å². The number of nitrogen functional groups attached to an aromatic ring is 1. The van der Waals surface area contributed by atoms with Gasteiger partial charge in [0, 0.05) is 18.3 Å². The summed E-state index contributed by atoms with van der Waals surface area (Å²) < 4.78 is 10.3. The van der Waals surface area contributed by atoms with Gasteiger partial charge in [-0.15, -0.1) is 0 Å². The summed E-state index contributed by atoms with van der Waals surface area (Å²) in [5.74, 6) is 0.908. The van der Waals surface area contributed by atoms with Crippen molar-refractivity contribution < 1.29 is 19.4 Å². The molecule has 0 fully saturated rings. The highest BCUT2D eigenvalue weighted by Gasteiger charge is 2.16. The second kappa shape index (κ2) is 7.73. The topological polar surface area (TPSA) is 93.8 Å². The molecule has 1 amide bonds. The first kappa shape index (κ1) is 17.1. The van der Waals surface area contributed by atoms with Crippen LogP contribution in [0.5, 0.6) is 11.5 Å². The summed E-state index contributed by atoms with van der Waals surface area (Å²) in [5.41, 5.74) is 6.44. The Kier molecular flexibility index (Phi) is 6.30. The summed E-state index contributed by atoms with van der Waals surface area (Å²) >= 11 is 0. The van der Waals surface area contributed by atoms with Crippen LogP contribution in [0.25, 0.3) is 0 Å². The van der Waals surface area contributed by atoms with E-state index in [1.807, 2.05) is 13.8 Å². The Bertz CT molecular complexity index is 489. The first-order chi connectivity index (χ1) is 9.88. The quantitative estimate of drug-likeness (QED) is 0.662. The molecule has 118 valence electrons. The van der Waals surface area contributed by atoms with E-state index >= 15 is 0 Å². The van der Waals surface area contributed by atoms with Crippen molar-refractivity contribution in [2.45, 2.75) is 26.4 Å². The Balaban J connectivity index is 2.78. The molecule has 0 heterocycles. The summed E-state index contributed by atoms with van der Waals surface area (Å²) in [4.78, 5) is 12.1. The Morgan fingerprint density at radius 1 is 1.29 bits per heavy atom. The van der Waals surface area contributed by atoms with Crippen LogP contribution in [-0.4, -0.2) is 37.9 Å². The van der Waals surface area contributed by atoms with Crippen LogP contribution in [-0.2, 0) is 0 Å². The number of rotatable bonds is 7. The molecule has 0 aromatic heterocycles. The molecule has 0 saturated carbocycles. The third-order valence-corrected chi connectivity index (χ3v) is 3.04. The van der Waals surface area contributed by atoms with E-state index < -0.39 is 6.10 Å². The van der Waals surface area contributed by atoms with Gasteiger partial charge in [0.1, 0.15) is 0 Å². The number of hydrogen-bond donors (Lipinski definition) is 3. The van der Waals surface area contributed by atoms with Crippen molar-refractivity contribution in [2.75, 3.05) is 26.5 Å². The molecule has 0 aliphatic heterocycles. The van der Waals surface area contributed by atoms with Gasteiger partial charge in [0.15, 0.2) is 11.5 Å². The van der Waals surface area contributed by atoms with Crippen LogP contribution in [0.15, 0.2) is 12.1 Å². The summed E-state index contributed by atoms with van der Waals surface area (Å²) in [6, 6.07) is 3.07. The van der Waals surface area contributed by atoms with Crippen molar-refractivity contribution >= 4 is 11.6 Å². The zero-order chi connectivity index (χ0) is 16.0. The highest BCUT2D eigenvalue weighted by molar-refractivity contribution is 6.00. The molecule has 21 heavy (non-hydrogen) atoms. The lowest BCUT2D eigenvalue weighted by Crippen LogP contribution is -2.33. The fraction of sp³-hybridized carbons (Fsp3) is 0.533. The predicted octanol–water partition coefficient (Wildman–Crippen LogP) is 1.42. The van der Waals surface area contributed by atoms with Crippen LogP contribution in [0.3, 0.4) is 0 Å². The van der Waals surface area contributed by atoms with Crippen LogP contribution >= 0.6 is 0 Å². The molecule has 1 aromatic rings. The largest absolute Gasteiger partial charge is 0.493 e. The standard InChI is InChI=1S/C15H24N2O4/c1-9(2)5-10(18)8-17-15(19)11-6-13(20-3)14(21-4)7-12(11)16/h6-7,9-10,18H,5,8,16H2,1-4H3,(H,17,19). The van der Waals surface area contributed by atoms with E-state index in [0.29, 0.717) is 35.1 Å². The molecule has 1 atom stereocenters. The number of carbonyl (C=O) groups excluding carboxylic acids is 1. The third kappa shape index (κ3) is 4.82. The maximum absolute atomic E-state index is 12.1. The van der Waals surface area contributed by atoms with Crippen molar-refractivity contribution in [3.63, 3.8) is 0 Å². The molecule has 1 aromatic carbocycles. The summed E-state index contributed by atoms with van der Waals surface area (Å²) in [5, 5.41) is 12.4. The number of aliphatic hydroxyl groups excluding tert-OH is 1. The highest BCUT2D eigenvalue weighted by Crippen LogP contribution is 2.31. The van der Waals surface area contributed by atoms with Crippen LogP contribution in [0.4, 0.5) is 5.69 Å². The van der Waals surface area contributed by atoms with Gasteiger partial charge in [-0.25, -0.2) is 0 Å². The van der Waals surface area contributed by atoms with Gasteiger partial charge in [-0.05, 0) is 18.4 Å². The summed E-state index contributed by atoms with van der Waals surface area (Å²) in [6.45, 7) is 4.21. The minimum absolute atomic E-state index is 0.185. The van der Waals surface area contributed by atoms with Crippen molar-refractivity contribution in [2.24, 2.45) is 5.92 Å². The van der Waals surface area contributed by atoms with E-state index in [-0.39, 0.29) is 12.5 Å². The van der Waals surface area contributed by atoms with Crippen LogP contribution in [0, 0.1) is 5.92 Å². The van der Waals surface area contributed by atoms with Gasteiger partial charge in [-0.1, -0.05) is 13.8 Å². The lowest BCUT2D eigenvalue weighted by Gasteiger charge is -2.15. The number of benzene rings is 1. The number of nitrogens with one attached hydrogen (secondary N) is 1. The fourth-order valence-corrected chi connectivity index (χ4v) is 2.02. The molecule has 6 heteroatoms. The minimum Gasteiger partial charge on any atom is -0.493 e.